The van der Waals surface area contributed by atoms with Gasteiger partial charge in [0.2, 0.25) is 5.91 Å². The second-order valence-electron chi connectivity index (χ2n) is 5.13. The Morgan fingerprint density at radius 1 is 1.46 bits per heavy atom. The molecule has 0 saturated heterocycles. The summed E-state index contributed by atoms with van der Waals surface area (Å²) in [4.78, 5) is 16.0. The van der Waals surface area contributed by atoms with Crippen LogP contribution in [0.5, 0.6) is 0 Å². The van der Waals surface area contributed by atoms with Crippen LogP contribution in [-0.2, 0) is 17.5 Å². The number of aryl methyl sites for hydroxylation is 1. The Morgan fingerprint density at radius 3 is 2.83 bits per heavy atom. The van der Waals surface area contributed by atoms with E-state index in [2.05, 4.69) is 16.9 Å². The smallest absolute Gasteiger partial charge is 0.352 e. The van der Waals surface area contributed by atoms with Gasteiger partial charge in [-0.3, -0.25) is 4.79 Å². The summed E-state index contributed by atoms with van der Waals surface area (Å²) in [6.07, 6.45) is -2.07. The van der Waals surface area contributed by atoms with Gasteiger partial charge in [0.1, 0.15) is 0 Å². The fraction of sp³-hybridized carbons (Fsp3) is 0.375. The Morgan fingerprint density at radius 2 is 2.21 bits per heavy atom. The lowest BCUT2D eigenvalue weighted by atomic mass is 10.2. The molecular formula is C16H18F3N3OS. The number of halogens is 3. The molecule has 0 aliphatic rings. The number of thioether (sulfide) groups is 1. The highest BCUT2D eigenvalue weighted by molar-refractivity contribution is 7.99. The summed E-state index contributed by atoms with van der Waals surface area (Å²) >= 11 is 1.21. The molecule has 0 aliphatic carbocycles. The van der Waals surface area contributed by atoms with Crippen LogP contribution in [0.25, 0.3) is 11.0 Å². The lowest BCUT2D eigenvalue weighted by Gasteiger charge is -2.09. The maximum absolute atomic E-state index is 12.9. The van der Waals surface area contributed by atoms with Gasteiger partial charge in [-0.1, -0.05) is 24.8 Å². The van der Waals surface area contributed by atoms with Gasteiger partial charge in [0, 0.05) is 13.1 Å². The number of rotatable bonds is 7. The summed E-state index contributed by atoms with van der Waals surface area (Å²) in [6, 6.07) is 3.50. The highest BCUT2D eigenvalue weighted by Gasteiger charge is 2.31. The summed E-state index contributed by atoms with van der Waals surface area (Å²) in [5.41, 5.74) is 0.221. The van der Waals surface area contributed by atoms with Crippen LogP contribution in [0.3, 0.4) is 0 Å². The molecule has 2 rings (SSSR count). The van der Waals surface area contributed by atoms with Crippen molar-refractivity contribution in [2.24, 2.45) is 0 Å². The average molecular weight is 357 g/mol. The first-order chi connectivity index (χ1) is 11.4. The first-order valence-electron chi connectivity index (χ1n) is 7.44. The predicted octanol–water partition coefficient (Wildman–Crippen LogP) is 3.86. The molecule has 0 spiro atoms. The molecule has 8 heteroatoms. The predicted molar refractivity (Wildman–Crippen MR) is 89.0 cm³/mol. The lowest BCUT2D eigenvalue weighted by Crippen LogP contribution is -2.25. The van der Waals surface area contributed by atoms with Crippen molar-refractivity contribution in [2.75, 3.05) is 12.3 Å². The third-order valence-corrected chi connectivity index (χ3v) is 4.24. The van der Waals surface area contributed by atoms with Gasteiger partial charge in [-0.2, -0.15) is 13.2 Å². The van der Waals surface area contributed by atoms with Gasteiger partial charge < -0.3 is 9.88 Å². The number of amides is 1. The largest absolute Gasteiger partial charge is 0.416 e. The molecule has 1 aromatic carbocycles. The molecule has 0 fully saturated rings. The van der Waals surface area contributed by atoms with Crippen LogP contribution < -0.4 is 5.32 Å². The number of alkyl halides is 3. The zero-order chi connectivity index (χ0) is 17.7. The number of carbonyl (C=O) groups excluding carboxylic acids is 1. The van der Waals surface area contributed by atoms with Crippen molar-refractivity contribution in [3.63, 3.8) is 0 Å². The minimum absolute atomic E-state index is 0.146. The summed E-state index contributed by atoms with van der Waals surface area (Å²) < 4.78 is 40.5. The van der Waals surface area contributed by atoms with Gasteiger partial charge in [0.15, 0.2) is 5.16 Å². The van der Waals surface area contributed by atoms with E-state index in [1.165, 1.54) is 17.8 Å². The minimum Gasteiger partial charge on any atom is -0.352 e. The van der Waals surface area contributed by atoms with Crippen molar-refractivity contribution in [2.45, 2.75) is 31.2 Å². The van der Waals surface area contributed by atoms with Crippen molar-refractivity contribution in [3.05, 3.63) is 36.4 Å². The van der Waals surface area contributed by atoms with Crippen molar-refractivity contribution < 1.29 is 18.0 Å². The molecule has 0 atom stereocenters. The first kappa shape index (κ1) is 18.4. The molecule has 1 heterocycles. The summed E-state index contributed by atoms with van der Waals surface area (Å²) in [5.74, 6) is -0.0292. The topological polar surface area (TPSA) is 46.9 Å². The van der Waals surface area contributed by atoms with Gasteiger partial charge >= 0.3 is 6.18 Å². The monoisotopic (exact) mass is 357 g/mol. The zero-order valence-electron chi connectivity index (χ0n) is 13.2. The molecule has 24 heavy (non-hydrogen) atoms. The molecule has 0 bridgehead atoms. The SMILES string of the molecule is C=CCNC(=O)CSc1nc2ccc(C(F)(F)F)cc2n1CCC. The molecule has 130 valence electrons. The van der Waals surface area contributed by atoms with E-state index in [9.17, 15) is 18.0 Å². The number of carbonyl (C=O) groups is 1. The van der Waals surface area contributed by atoms with Crippen molar-refractivity contribution >= 4 is 28.7 Å². The summed E-state index contributed by atoms with van der Waals surface area (Å²) in [7, 11) is 0. The highest BCUT2D eigenvalue weighted by atomic mass is 32.2. The van der Waals surface area contributed by atoms with Crippen LogP contribution in [0.2, 0.25) is 0 Å². The van der Waals surface area contributed by atoms with Crippen molar-refractivity contribution in [1.29, 1.82) is 0 Å². The van der Waals surface area contributed by atoms with Crippen LogP contribution in [0.1, 0.15) is 18.9 Å². The third-order valence-electron chi connectivity index (χ3n) is 3.26. The Hall–Kier alpha value is -1.96. The van der Waals surface area contributed by atoms with E-state index >= 15 is 0 Å². The standard InChI is InChI=1S/C16H18F3N3OS/c1-3-7-20-14(23)10-24-15-21-12-6-5-11(16(17,18)19)9-13(12)22(15)8-4-2/h3,5-6,9H,1,4,7-8,10H2,2H3,(H,20,23). The Kier molecular flexibility index (Phi) is 5.93. The lowest BCUT2D eigenvalue weighted by molar-refractivity contribution is -0.137. The third kappa shape index (κ3) is 4.31. The molecule has 0 saturated carbocycles. The van der Waals surface area contributed by atoms with E-state index in [-0.39, 0.29) is 11.7 Å². The van der Waals surface area contributed by atoms with Crippen LogP contribution in [0.4, 0.5) is 13.2 Å². The van der Waals surface area contributed by atoms with Crippen molar-refractivity contribution in [1.82, 2.24) is 14.9 Å². The highest BCUT2D eigenvalue weighted by Crippen LogP contribution is 2.33. The number of benzene rings is 1. The molecular weight excluding hydrogens is 339 g/mol. The maximum atomic E-state index is 12.9. The van der Waals surface area contributed by atoms with Gasteiger partial charge in [0.25, 0.3) is 0 Å². The number of nitrogens with zero attached hydrogens (tertiary/aromatic N) is 2. The van der Waals surface area contributed by atoms with Crippen LogP contribution >= 0.6 is 11.8 Å². The van der Waals surface area contributed by atoms with Crippen molar-refractivity contribution in [3.8, 4) is 0 Å². The molecule has 1 N–H and O–H groups in total. The van der Waals surface area contributed by atoms with E-state index in [1.807, 2.05) is 6.92 Å². The molecule has 0 unspecified atom stereocenters. The van der Waals surface area contributed by atoms with E-state index in [1.54, 1.807) is 10.6 Å². The quantitative estimate of drug-likeness (QED) is 0.605. The van der Waals surface area contributed by atoms with E-state index in [4.69, 9.17) is 0 Å². The van der Waals surface area contributed by atoms with Gasteiger partial charge in [0.05, 0.1) is 22.3 Å². The average Bonchev–Trinajstić information content (AvgIpc) is 2.87. The van der Waals surface area contributed by atoms with Gasteiger partial charge in [-0.25, -0.2) is 4.98 Å². The fourth-order valence-electron chi connectivity index (χ4n) is 2.19. The molecule has 4 nitrogen and oxygen atoms in total. The number of hydrogen-bond acceptors (Lipinski definition) is 3. The second-order valence-corrected chi connectivity index (χ2v) is 6.07. The fourth-order valence-corrected chi connectivity index (χ4v) is 3.06. The zero-order valence-corrected chi connectivity index (χ0v) is 14.0. The molecule has 0 aliphatic heterocycles. The summed E-state index contributed by atoms with van der Waals surface area (Å²) in [5, 5.41) is 3.19. The molecule has 2 aromatic rings. The molecule has 0 radical (unpaired) electrons. The van der Waals surface area contributed by atoms with Crippen LogP contribution in [0, 0.1) is 0 Å². The summed E-state index contributed by atoms with van der Waals surface area (Å²) in [6.45, 7) is 6.36. The maximum Gasteiger partial charge on any atom is 0.416 e. The second kappa shape index (κ2) is 7.74. The normalized spacial score (nSPS) is 11.7. The number of aromatic nitrogens is 2. The minimum atomic E-state index is -4.40. The van der Waals surface area contributed by atoms with E-state index in [0.29, 0.717) is 29.3 Å². The van der Waals surface area contributed by atoms with Crippen LogP contribution in [0.15, 0.2) is 36.0 Å². The van der Waals surface area contributed by atoms with Gasteiger partial charge in [-0.15, -0.1) is 6.58 Å². The van der Waals surface area contributed by atoms with E-state index in [0.717, 1.165) is 18.6 Å². The molecule has 1 amide bonds. The Bertz CT molecular complexity index is 740. The van der Waals surface area contributed by atoms with Crippen LogP contribution in [-0.4, -0.2) is 27.8 Å². The van der Waals surface area contributed by atoms with E-state index < -0.39 is 11.7 Å². The van der Waals surface area contributed by atoms with Gasteiger partial charge in [-0.05, 0) is 24.6 Å². The Labute approximate surface area is 142 Å². The Balaban J connectivity index is 2.30. The first-order valence-corrected chi connectivity index (χ1v) is 8.43. The number of fused-ring (bicyclic) bond motifs is 1. The number of imidazole rings is 1. The molecule has 1 aromatic heterocycles. The number of hydrogen-bond donors (Lipinski definition) is 1. The number of nitrogens with one attached hydrogen (secondary N) is 1.